The van der Waals surface area contributed by atoms with E-state index in [4.69, 9.17) is 5.84 Å². The SMILES string of the molecule is CC(C)(C)c1ccc2c(c1)c1ccccc1n2N. The van der Waals surface area contributed by atoms with Crippen molar-refractivity contribution in [2.45, 2.75) is 26.2 Å². The Morgan fingerprint density at radius 1 is 0.889 bits per heavy atom. The Balaban J connectivity index is 2.44. The summed E-state index contributed by atoms with van der Waals surface area (Å²) < 4.78 is 1.77. The highest BCUT2D eigenvalue weighted by molar-refractivity contribution is 6.08. The first-order valence-corrected chi connectivity index (χ1v) is 6.27. The first-order chi connectivity index (χ1) is 8.48. The normalized spacial score (nSPS) is 12.4. The van der Waals surface area contributed by atoms with Crippen molar-refractivity contribution >= 4 is 21.8 Å². The largest absolute Gasteiger partial charge is 0.339 e. The summed E-state index contributed by atoms with van der Waals surface area (Å²) in [6, 6.07) is 14.8. The van der Waals surface area contributed by atoms with Gasteiger partial charge in [-0.15, -0.1) is 0 Å². The van der Waals surface area contributed by atoms with E-state index in [2.05, 4.69) is 57.2 Å². The van der Waals surface area contributed by atoms with E-state index in [1.807, 2.05) is 6.07 Å². The standard InChI is InChI=1S/C16H18N2/c1-16(2,3)11-8-9-15-13(10-11)12-6-4-5-7-14(12)18(15)17/h4-10H,17H2,1-3H3. The Bertz CT molecular complexity index is 730. The van der Waals surface area contributed by atoms with Gasteiger partial charge in [0.1, 0.15) is 0 Å². The van der Waals surface area contributed by atoms with Gasteiger partial charge in [0.15, 0.2) is 0 Å². The summed E-state index contributed by atoms with van der Waals surface area (Å²) >= 11 is 0. The molecule has 1 heterocycles. The Morgan fingerprint density at radius 2 is 1.56 bits per heavy atom. The monoisotopic (exact) mass is 238 g/mol. The van der Waals surface area contributed by atoms with Crippen LogP contribution in [0.3, 0.4) is 0 Å². The van der Waals surface area contributed by atoms with Crippen LogP contribution >= 0.6 is 0 Å². The molecule has 0 saturated carbocycles. The van der Waals surface area contributed by atoms with Crippen molar-refractivity contribution in [2.24, 2.45) is 0 Å². The summed E-state index contributed by atoms with van der Waals surface area (Å²) in [6.07, 6.45) is 0. The van der Waals surface area contributed by atoms with E-state index in [9.17, 15) is 0 Å². The molecule has 0 fully saturated rings. The summed E-state index contributed by atoms with van der Waals surface area (Å²) in [6.45, 7) is 6.70. The Labute approximate surface area is 107 Å². The average Bonchev–Trinajstić information content (AvgIpc) is 2.63. The topological polar surface area (TPSA) is 30.9 Å². The first kappa shape index (κ1) is 11.1. The highest BCUT2D eigenvalue weighted by Gasteiger charge is 2.16. The molecule has 2 heteroatoms. The summed E-state index contributed by atoms with van der Waals surface area (Å²) in [7, 11) is 0. The molecule has 0 radical (unpaired) electrons. The summed E-state index contributed by atoms with van der Waals surface area (Å²) in [5.41, 5.74) is 3.67. The van der Waals surface area contributed by atoms with Crippen molar-refractivity contribution < 1.29 is 0 Å². The van der Waals surface area contributed by atoms with Gasteiger partial charge in [-0.1, -0.05) is 45.0 Å². The third kappa shape index (κ3) is 1.49. The lowest BCUT2D eigenvalue weighted by atomic mass is 9.86. The minimum absolute atomic E-state index is 0.159. The summed E-state index contributed by atoms with van der Waals surface area (Å²) in [5.74, 6) is 6.15. The van der Waals surface area contributed by atoms with Crippen LogP contribution in [0, 0.1) is 0 Å². The van der Waals surface area contributed by atoms with E-state index in [0.29, 0.717) is 0 Å². The quantitative estimate of drug-likeness (QED) is 0.593. The number of hydrogen-bond donors (Lipinski definition) is 1. The molecule has 3 rings (SSSR count). The summed E-state index contributed by atoms with van der Waals surface area (Å²) in [4.78, 5) is 0. The molecule has 92 valence electrons. The first-order valence-electron chi connectivity index (χ1n) is 6.27. The van der Waals surface area contributed by atoms with Crippen molar-refractivity contribution in [3.63, 3.8) is 0 Å². The Morgan fingerprint density at radius 3 is 2.28 bits per heavy atom. The van der Waals surface area contributed by atoms with Crippen molar-refractivity contribution in [2.75, 3.05) is 5.84 Å². The molecule has 0 unspecified atom stereocenters. The fourth-order valence-corrected chi connectivity index (χ4v) is 2.47. The number of para-hydroxylation sites is 1. The van der Waals surface area contributed by atoms with Crippen LogP contribution in [-0.2, 0) is 5.41 Å². The van der Waals surface area contributed by atoms with Crippen molar-refractivity contribution in [1.29, 1.82) is 0 Å². The van der Waals surface area contributed by atoms with Crippen LogP contribution in [0.1, 0.15) is 26.3 Å². The van der Waals surface area contributed by atoms with E-state index in [1.165, 1.54) is 16.3 Å². The van der Waals surface area contributed by atoms with E-state index in [-0.39, 0.29) is 5.41 Å². The number of fused-ring (bicyclic) bond motifs is 3. The molecule has 1 aromatic heterocycles. The number of benzene rings is 2. The molecule has 3 aromatic rings. The predicted octanol–water partition coefficient (Wildman–Crippen LogP) is 3.81. The van der Waals surface area contributed by atoms with Gasteiger partial charge in [0.25, 0.3) is 0 Å². The summed E-state index contributed by atoms with van der Waals surface area (Å²) in [5, 5.41) is 2.46. The third-order valence-electron chi connectivity index (χ3n) is 3.58. The molecular weight excluding hydrogens is 220 g/mol. The van der Waals surface area contributed by atoms with Crippen LogP contribution in [0.15, 0.2) is 42.5 Å². The zero-order valence-corrected chi connectivity index (χ0v) is 11.1. The molecule has 18 heavy (non-hydrogen) atoms. The molecule has 0 amide bonds. The molecule has 0 saturated heterocycles. The van der Waals surface area contributed by atoms with Crippen molar-refractivity contribution in [3.05, 3.63) is 48.0 Å². The molecule has 0 atom stereocenters. The Kier molecular flexibility index (Phi) is 2.18. The second-order valence-corrected chi connectivity index (χ2v) is 5.87. The van der Waals surface area contributed by atoms with Gasteiger partial charge in [-0.05, 0) is 29.2 Å². The molecule has 0 bridgehead atoms. The Hall–Kier alpha value is -1.96. The maximum absolute atomic E-state index is 6.15. The lowest BCUT2D eigenvalue weighted by Gasteiger charge is -2.19. The van der Waals surface area contributed by atoms with E-state index in [0.717, 1.165) is 11.0 Å². The van der Waals surface area contributed by atoms with E-state index in [1.54, 1.807) is 4.68 Å². The third-order valence-corrected chi connectivity index (χ3v) is 3.58. The van der Waals surface area contributed by atoms with Gasteiger partial charge in [-0.3, -0.25) is 4.68 Å². The minimum Gasteiger partial charge on any atom is -0.339 e. The maximum atomic E-state index is 6.15. The molecule has 2 N–H and O–H groups in total. The second kappa shape index (κ2) is 3.52. The van der Waals surface area contributed by atoms with Gasteiger partial charge in [0.2, 0.25) is 0 Å². The number of nitrogens with zero attached hydrogens (tertiary/aromatic N) is 1. The predicted molar refractivity (Wildman–Crippen MR) is 78.3 cm³/mol. The van der Waals surface area contributed by atoms with Crippen LogP contribution in [0.25, 0.3) is 21.8 Å². The molecule has 2 nitrogen and oxygen atoms in total. The second-order valence-electron chi connectivity index (χ2n) is 5.87. The fourth-order valence-electron chi connectivity index (χ4n) is 2.47. The lowest BCUT2D eigenvalue weighted by molar-refractivity contribution is 0.591. The maximum Gasteiger partial charge on any atom is 0.0703 e. The molecule has 2 aromatic carbocycles. The highest BCUT2D eigenvalue weighted by Crippen LogP contribution is 2.31. The van der Waals surface area contributed by atoms with Gasteiger partial charge < -0.3 is 5.84 Å². The van der Waals surface area contributed by atoms with Crippen LogP contribution in [-0.4, -0.2) is 4.68 Å². The van der Waals surface area contributed by atoms with Crippen LogP contribution in [0.4, 0.5) is 0 Å². The molecule has 0 aliphatic rings. The van der Waals surface area contributed by atoms with Gasteiger partial charge >= 0.3 is 0 Å². The average molecular weight is 238 g/mol. The molecule has 0 spiro atoms. The number of aromatic nitrogens is 1. The van der Waals surface area contributed by atoms with Crippen molar-refractivity contribution in [1.82, 2.24) is 4.68 Å². The molecule has 0 aliphatic heterocycles. The van der Waals surface area contributed by atoms with Crippen molar-refractivity contribution in [3.8, 4) is 0 Å². The van der Waals surface area contributed by atoms with Crippen LogP contribution < -0.4 is 5.84 Å². The van der Waals surface area contributed by atoms with Crippen LogP contribution in [0.2, 0.25) is 0 Å². The van der Waals surface area contributed by atoms with Gasteiger partial charge in [0, 0.05) is 10.8 Å². The lowest BCUT2D eigenvalue weighted by Crippen LogP contribution is -2.11. The van der Waals surface area contributed by atoms with Gasteiger partial charge in [0.05, 0.1) is 11.0 Å². The zero-order valence-electron chi connectivity index (χ0n) is 11.1. The van der Waals surface area contributed by atoms with Gasteiger partial charge in [-0.25, -0.2) is 0 Å². The number of nitrogen functional groups attached to an aromatic ring is 1. The smallest absolute Gasteiger partial charge is 0.0703 e. The van der Waals surface area contributed by atoms with Gasteiger partial charge in [-0.2, -0.15) is 0 Å². The van der Waals surface area contributed by atoms with E-state index >= 15 is 0 Å². The fraction of sp³-hybridized carbons (Fsp3) is 0.250. The molecular formula is C16H18N2. The minimum atomic E-state index is 0.159. The number of rotatable bonds is 0. The zero-order chi connectivity index (χ0) is 12.9. The number of hydrogen-bond acceptors (Lipinski definition) is 1. The highest BCUT2D eigenvalue weighted by atomic mass is 15.3. The number of nitrogens with two attached hydrogens (primary N) is 1. The van der Waals surface area contributed by atoms with Crippen LogP contribution in [0.5, 0.6) is 0 Å². The molecule has 0 aliphatic carbocycles. The van der Waals surface area contributed by atoms with E-state index < -0.39 is 0 Å².